The highest BCUT2D eigenvalue weighted by Gasteiger charge is 2.34. The highest BCUT2D eigenvalue weighted by molar-refractivity contribution is 6.28. The Morgan fingerprint density at radius 3 is 3.21 bits per heavy atom. The second-order valence-electron chi connectivity index (χ2n) is 4.83. The monoisotopic (exact) mass is 284 g/mol. The molecule has 1 fully saturated rings. The van der Waals surface area contributed by atoms with E-state index in [-0.39, 0.29) is 23.6 Å². The van der Waals surface area contributed by atoms with Crippen LogP contribution in [0.5, 0.6) is 0 Å². The third-order valence-electron chi connectivity index (χ3n) is 3.28. The maximum absolute atomic E-state index is 13.5. The second kappa shape index (κ2) is 5.68. The molecule has 1 aliphatic carbocycles. The first-order valence-electron chi connectivity index (χ1n) is 6.06. The van der Waals surface area contributed by atoms with Gasteiger partial charge in [0.2, 0.25) is 5.28 Å². The fourth-order valence-corrected chi connectivity index (χ4v) is 2.54. The van der Waals surface area contributed by atoms with Crippen molar-refractivity contribution in [2.75, 3.05) is 5.32 Å². The molecule has 0 unspecified atom stereocenters. The number of nitrogens with zero attached hydrogens (tertiary/aromatic N) is 3. The summed E-state index contributed by atoms with van der Waals surface area (Å²) in [6, 6.07) is 1.85. The molecule has 0 spiro atoms. The Balaban J connectivity index is 2.07. The zero-order valence-electron chi connectivity index (χ0n) is 10.2. The van der Waals surface area contributed by atoms with Gasteiger partial charge in [0.05, 0.1) is 24.3 Å². The third kappa shape index (κ3) is 3.52. The number of aliphatic hydroxyl groups is 1. The van der Waals surface area contributed by atoms with E-state index in [0.717, 1.165) is 19.0 Å². The van der Waals surface area contributed by atoms with E-state index in [4.69, 9.17) is 16.9 Å². The van der Waals surface area contributed by atoms with Gasteiger partial charge in [-0.2, -0.15) is 10.2 Å². The lowest BCUT2D eigenvalue weighted by molar-refractivity contribution is 0.00444. The van der Waals surface area contributed by atoms with Gasteiger partial charge in [-0.05, 0) is 37.3 Å². The van der Waals surface area contributed by atoms with Crippen LogP contribution in [0.15, 0.2) is 6.20 Å². The summed E-state index contributed by atoms with van der Waals surface area (Å²) in [6.45, 7) is 0. The van der Waals surface area contributed by atoms with Crippen LogP contribution in [-0.4, -0.2) is 26.7 Å². The summed E-state index contributed by atoms with van der Waals surface area (Å²) in [5.74, 6) is -0.551. The number of nitrogens with one attached hydrogen (secondary N) is 1. The van der Waals surface area contributed by atoms with E-state index in [1.165, 1.54) is 0 Å². The molecule has 0 aliphatic heterocycles. The average Bonchev–Trinajstić information content (AvgIpc) is 2.34. The molecule has 2 rings (SSSR count). The summed E-state index contributed by atoms with van der Waals surface area (Å²) >= 11 is 5.62. The molecule has 0 bridgehead atoms. The van der Waals surface area contributed by atoms with Crippen molar-refractivity contribution in [1.29, 1.82) is 5.26 Å². The smallest absolute Gasteiger partial charge is 0.224 e. The molecular formula is C12H14ClFN4O. The maximum atomic E-state index is 13.5. The van der Waals surface area contributed by atoms with Gasteiger partial charge in [-0.15, -0.1) is 0 Å². The molecule has 0 saturated heterocycles. The Kier molecular flexibility index (Phi) is 4.17. The first-order valence-corrected chi connectivity index (χ1v) is 6.44. The van der Waals surface area contributed by atoms with Crippen molar-refractivity contribution in [3.63, 3.8) is 0 Å². The van der Waals surface area contributed by atoms with Crippen molar-refractivity contribution in [2.24, 2.45) is 0 Å². The highest BCUT2D eigenvalue weighted by Crippen LogP contribution is 2.32. The molecule has 7 heteroatoms. The summed E-state index contributed by atoms with van der Waals surface area (Å²) in [7, 11) is 0. The van der Waals surface area contributed by atoms with Gasteiger partial charge in [-0.25, -0.2) is 9.37 Å². The lowest BCUT2D eigenvalue weighted by Gasteiger charge is -2.35. The van der Waals surface area contributed by atoms with Crippen LogP contribution >= 0.6 is 11.6 Å². The minimum atomic E-state index is -1.00. The van der Waals surface area contributed by atoms with Gasteiger partial charge in [-0.1, -0.05) is 0 Å². The first kappa shape index (κ1) is 14.0. The quantitative estimate of drug-likeness (QED) is 0.832. The molecular weight excluding hydrogens is 271 g/mol. The Labute approximate surface area is 115 Å². The van der Waals surface area contributed by atoms with Crippen molar-refractivity contribution in [3.8, 4) is 6.07 Å². The number of hydrogen-bond acceptors (Lipinski definition) is 5. The van der Waals surface area contributed by atoms with Gasteiger partial charge in [0, 0.05) is 6.04 Å². The number of anilines is 1. The number of halogens is 2. The molecule has 2 N–H and O–H groups in total. The lowest BCUT2D eigenvalue weighted by atomic mass is 9.80. The van der Waals surface area contributed by atoms with Crippen molar-refractivity contribution >= 4 is 17.4 Å². The summed E-state index contributed by atoms with van der Waals surface area (Å²) < 4.78 is 13.5. The molecule has 1 aliphatic rings. The van der Waals surface area contributed by atoms with Crippen molar-refractivity contribution < 1.29 is 9.50 Å². The standard InChI is InChI=1S/C12H14ClFN4O/c13-11-16-7-9(14)10(18-11)17-8-2-1-3-12(19,6-8)4-5-15/h7-8,19H,1-4,6H2,(H,16,17,18)/t8-,12-/m0/s1. The van der Waals surface area contributed by atoms with E-state index < -0.39 is 11.4 Å². The number of nitriles is 1. The largest absolute Gasteiger partial charge is 0.389 e. The van der Waals surface area contributed by atoms with Crippen LogP contribution in [0.2, 0.25) is 5.28 Å². The van der Waals surface area contributed by atoms with Gasteiger partial charge in [0.15, 0.2) is 11.6 Å². The Morgan fingerprint density at radius 1 is 1.68 bits per heavy atom. The maximum Gasteiger partial charge on any atom is 0.224 e. The van der Waals surface area contributed by atoms with E-state index in [9.17, 15) is 9.50 Å². The van der Waals surface area contributed by atoms with Crippen molar-refractivity contribution in [2.45, 2.75) is 43.7 Å². The van der Waals surface area contributed by atoms with Gasteiger partial charge in [0.25, 0.3) is 0 Å². The highest BCUT2D eigenvalue weighted by atomic mass is 35.5. The Hall–Kier alpha value is -1.45. The van der Waals surface area contributed by atoms with Gasteiger partial charge < -0.3 is 10.4 Å². The normalized spacial score (nSPS) is 26.7. The third-order valence-corrected chi connectivity index (χ3v) is 3.47. The molecule has 19 heavy (non-hydrogen) atoms. The van der Waals surface area contributed by atoms with Crippen LogP contribution in [-0.2, 0) is 0 Å². The molecule has 2 atom stereocenters. The van der Waals surface area contributed by atoms with Crippen molar-refractivity contribution in [1.82, 2.24) is 9.97 Å². The van der Waals surface area contributed by atoms with E-state index in [1.54, 1.807) is 0 Å². The average molecular weight is 285 g/mol. The molecule has 102 valence electrons. The van der Waals surface area contributed by atoms with E-state index >= 15 is 0 Å². The summed E-state index contributed by atoms with van der Waals surface area (Å²) in [4.78, 5) is 7.32. The molecule has 1 heterocycles. The SMILES string of the molecule is N#CC[C@@]1(O)CCC[C@H](Nc2nc(Cl)ncc2F)C1. The first-order chi connectivity index (χ1) is 9.02. The lowest BCUT2D eigenvalue weighted by Crippen LogP contribution is -2.40. The summed E-state index contributed by atoms with van der Waals surface area (Å²) in [5.41, 5.74) is -1.00. The van der Waals surface area contributed by atoms with Gasteiger partial charge in [0.1, 0.15) is 0 Å². The van der Waals surface area contributed by atoms with E-state index in [1.807, 2.05) is 6.07 Å². The fourth-order valence-electron chi connectivity index (χ4n) is 2.41. The van der Waals surface area contributed by atoms with Crippen LogP contribution in [0.3, 0.4) is 0 Å². The molecule has 0 amide bonds. The van der Waals surface area contributed by atoms with E-state index in [0.29, 0.717) is 12.8 Å². The molecule has 0 aromatic carbocycles. The van der Waals surface area contributed by atoms with Crippen LogP contribution < -0.4 is 5.32 Å². The minimum absolute atomic E-state index is 0.0335. The second-order valence-corrected chi connectivity index (χ2v) is 5.17. The molecule has 1 aromatic heterocycles. The zero-order valence-corrected chi connectivity index (χ0v) is 11.0. The van der Waals surface area contributed by atoms with Crippen LogP contribution in [0.25, 0.3) is 0 Å². The molecule has 1 aromatic rings. The topological polar surface area (TPSA) is 81.8 Å². The van der Waals surface area contributed by atoms with Crippen LogP contribution in [0.1, 0.15) is 32.1 Å². The molecule has 0 radical (unpaired) electrons. The van der Waals surface area contributed by atoms with Crippen molar-refractivity contribution in [3.05, 3.63) is 17.3 Å². The van der Waals surface area contributed by atoms with Crippen LogP contribution in [0.4, 0.5) is 10.2 Å². The predicted octanol–water partition coefficient (Wildman–Crippen LogP) is 2.27. The number of aromatic nitrogens is 2. The van der Waals surface area contributed by atoms with E-state index in [2.05, 4.69) is 15.3 Å². The molecule has 1 saturated carbocycles. The van der Waals surface area contributed by atoms with Gasteiger partial charge >= 0.3 is 0 Å². The summed E-state index contributed by atoms with van der Waals surface area (Å²) in [5, 5.41) is 21.8. The number of rotatable bonds is 3. The van der Waals surface area contributed by atoms with Crippen LogP contribution in [0, 0.1) is 17.1 Å². The fraction of sp³-hybridized carbons (Fsp3) is 0.583. The predicted molar refractivity (Wildman–Crippen MR) is 68.1 cm³/mol. The number of hydrogen-bond donors (Lipinski definition) is 2. The zero-order chi connectivity index (χ0) is 13.9. The Bertz CT molecular complexity index is 507. The Morgan fingerprint density at radius 2 is 2.47 bits per heavy atom. The summed E-state index contributed by atoms with van der Waals surface area (Å²) in [6.07, 6.45) is 3.62. The van der Waals surface area contributed by atoms with Gasteiger partial charge in [-0.3, -0.25) is 0 Å². The minimum Gasteiger partial charge on any atom is -0.389 e. The molecule has 5 nitrogen and oxygen atoms in total.